The summed E-state index contributed by atoms with van der Waals surface area (Å²) in [5, 5.41) is 68.1. The molecule has 34 nitrogen and oxygen atoms in total. The summed E-state index contributed by atoms with van der Waals surface area (Å²) in [6.45, 7) is -8.26. The van der Waals surface area contributed by atoms with Crippen molar-refractivity contribution in [3.8, 4) is 51.0 Å². The molecule has 9 aromatic heterocycles. The number of ether oxygens (including phenoxy) is 3. The number of hydrogen-bond acceptors (Lipinski definition) is 26. The van der Waals surface area contributed by atoms with Crippen molar-refractivity contribution in [2.45, 2.75) is 81.8 Å². The van der Waals surface area contributed by atoms with Gasteiger partial charge in [-0.2, -0.15) is 45.0 Å². The molecule has 8 N–H and O–H groups in total. The van der Waals surface area contributed by atoms with Crippen LogP contribution in [0.5, 0.6) is 17.2 Å². The summed E-state index contributed by atoms with van der Waals surface area (Å²) in [4.78, 5) is 79.8. The number of alkyl halides is 2. The van der Waals surface area contributed by atoms with E-state index in [0.29, 0.717) is 45.6 Å². The van der Waals surface area contributed by atoms with Crippen molar-refractivity contribution >= 4 is 87.3 Å². The van der Waals surface area contributed by atoms with E-state index in [4.69, 9.17) is 38.1 Å². The summed E-state index contributed by atoms with van der Waals surface area (Å²) in [6, 6.07) is 9.85. The van der Waals surface area contributed by atoms with Gasteiger partial charge in [-0.1, -0.05) is 11.6 Å². The predicted octanol–water partition coefficient (Wildman–Crippen LogP) is 5.98. The van der Waals surface area contributed by atoms with Crippen LogP contribution < -0.4 is 56.7 Å². The molecule has 0 bridgehead atoms. The van der Waals surface area contributed by atoms with E-state index in [1.807, 2.05) is 16.0 Å². The lowest BCUT2D eigenvalue weighted by Gasteiger charge is -2.15. The van der Waals surface area contributed by atoms with Gasteiger partial charge in [0.15, 0.2) is 68.6 Å². The zero-order valence-corrected chi connectivity index (χ0v) is 51.3. The maximum absolute atomic E-state index is 13.3. The van der Waals surface area contributed by atoms with Crippen LogP contribution in [0.25, 0.3) is 33.8 Å². The predicted molar refractivity (Wildman–Crippen MR) is 339 cm³/mol. The molecule has 0 aliphatic heterocycles. The van der Waals surface area contributed by atoms with Gasteiger partial charge in [0.1, 0.15) is 29.4 Å². The average Bonchev–Trinajstić information content (AvgIpc) is 1.53. The van der Waals surface area contributed by atoms with Crippen molar-refractivity contribution in [1.82, 2.24) is 106 Å². The highest BCUT2D eigenvalue weighted by atomic mass is 35.5. The number of nitrogens with one attached hydrogen (secondary N) is 8. The molecule has 0 spiro atoms. The third kappa shape index (κ3) is 14.6. The molecular formula is C59H61ClF2N26O8. The van der Waals surface area contributed by atoms with E-state index >= 15 is 0 Å². The largest absolute Gasteiger partial charge is 0.492 e. The second kappa shape index (κ2) is 27.9. The normalized spacial score (nSPS) is 19.0. The summed E-state index contributed by atoms with van der Waals surface area (Å²) < 4.78 is 109. The lowest BCUT2D eigenvalue weighted by atomic mass is 10.2. The van der Waals surface area contributed by atoms with Crippen LogP contribution in [0.4, 0.5) is 54.9 Å². The monoisotopic (exact) mass is 1340 g/mol. The number of pyridine rings is 3. The number of nitrogens with zero attached hydrogens (tertiary/aromatic N) is 18. The first-order chi connectivity index (χ1) is 50.0. The van der Waals surface area contributed by atoms with Gasteiger partial charge in [-0.25, -0.2) is 23.7 Å². The zero-order valence-electron chi connectivity index (χ0n) is 59.6. The molecule has 4 atom stereocenters. The van der Waals surface area contributed by atoms with Gasteiger partial charge in [-0.05, 0) is 69.6 Å². The molecule has 496 valence electrons. The Bertz CT molecular complexity index is 4590. The third-order valence-electron chi connectivity index (χ3n) is 15.0. The van der Waals surface area contributed by atoms with E-state index in [-0.39, 0.29) is 105 Å². The van der Waals surface area contributed by atoms with E-state index in [1.54, 1.807) is 51.2 Å². The van der Waals surface area contributed by atoms with Crippen molar-refractivity contribution in [3.63, 3.8) is 0 Å². The number of amides is 5. The lowest BCUT2D eigenvalue weighted by molar-refractivity contribution is -0.118. The van der Waals surface area contributed by atoms with E-state index in [1.165, 1.54) is 58.1 Å². The Labute approximate surface area is 560 Å². The second-order valence-electron chi connectivity index (χ2n) is 21.9. The van der Waals surface area contributed by atoms with Gasteiger partial charge in [0, 0.05) is 70.1 Å². The number of rotatable bonds is 22. The Kier molecular flexibility index (Phi) is 15.7. The Morgan fingerprint density at radius 3 is 1.12 bits per heavy atom. The molecule has 96 heavy (non-hydrogen) atoms. The second-order valence-corrected chi connectivity index (χ2v) is 22.3. The fourth-order valence-corrected chi connectivity index (χ4v) is 9.56. The van der Waals surface area contributed by atoms with E-state index in [0.717, 1.165) is 38.5 Å². The Morgan fingerprint density at radius 1 is 0.500 bits per heavy atom. The molecule has 5 amide bonds. The SMILES string of the molecule is [2H]C([2H])([2H])NC(=O)c1nnc(Cl)cc1Nc1nccc(-c2cnn(C3CC3)n2)c1OC.[2H]C([2H])([2H])NC(=O)c1nnc(NC(=O)[C@@H]2C[C@@H]2F)cc1Nc1nccc(-c2cnn(C3CC3)n2)c1OC.[2H]C([2H])([2H])NC(=O)c1nnc(NC(=O)[C@@H]2C[C@@H]2F)cc1Nc1nccc(-c2cnn(C3CC3)n2)c1OC. The van der Waals surface area contributed by atoms with Gasteiger partial charge in [0.2, 0.25) is 11.8 Å². The van der Waals surface area contributed by atoms with Crippen molar-refractivity contribution in [3.05, 3.63) is 95.8 Å². The Hall–Kier alpha value is -11.6. The minimum Gasteiger partial charge on any atom is -0.492 e. The van der Waals surface area contributed by atoms with Crippen LogP contribution in [0.15, 0.2) is 73.6 Å². The Morgan fingerprint density at radius 2 is 0.823 bits per heavy atom. The zero-order chi connectivity index (χ0) is 74.8. The van der Waals surface area contributed by atoms with Gasteiger partial charge in [-0.15, -0.1) is 30.6 Å². The van der Waals surface area contributed by atoms with E-state index in [2.05, 4.69) is 103 Å². The average molecular weight is 1340 g/mol. The van der Waals surface area contributed by atoms with Crippen LogP contribution in [0.1, 0.15) is 113 Å². The molecule has 5 fully saturated rings. The van der Waals surface area contributed by atoms with Crippen molar-refractivity contribution in [1.29, 1.82) is 0 Å². The summed E-state index contributed by atoms with van der Waals surface area (Å²) >= 11 is 5.93. The molecule has 9 aromatic rings. The maximum atomic E-state index is 13.3. The smallest absolute Gasteiger partial charge is 0.273 e. The van der Waals surface area contributed by atoms with E-state index in [9.17, 15) is 32.8 Å². The summed E-state index contributed by atoms with van der Waals surface area (Å²) in [5.41, 5.74) is 2.48. The molecule has 5 saturated carbocycles. The molecule has 14 rings (SSSR count). The molecular weight excluding hydrogens is 1270 g/mol. The van der Waals surface area contributed by atoms with Crippen LogP contribution in [0.2, 0.25) is 5.15 Å². The first-order valence-electron chi connectivity index (χ1n) is 33.8. The number of halogens is 3. The highest BCUT2D eigenvalue weighted by Crippen LogP contribution is 2.43. The minimum absolute atomic E-state index is 0.00423. The topological polar surface area (TPSA) is 417 Å². The van der Waals surface area contributed by atoms with Gasteiger partial charge < -0.3 is 56.7 Å². The molecule has 0 radical (unpaired) electrons. The number of methoxy groups -OCH3 is 3. The first kappa shape index (κ1) is 53.9. The Balaban J connectivity index is 0.000000149. The molecule has 9 heterocycles. The standard InChI is InChI=1S/2C21H22FN9O3.C17H17ClN8O2/c2*1-23-21(33)17-14(8-16(28-29-17)27-20(32)12-7-13(12)22)26-19-18(34-2)11(5-6-24-19)15-9-25-31(30-15)10-3-4-10;1-19-17(27)14-11(7-13(18)23-24-14)22-16-15(28-2)10(5-6-20-16)12-8-21-26(25-12)9-3-4-9/h2*5-6,8-10,12-13H,3-4,7H2,1-2H3,(H,23,33)(H2,24,26,27,28,32);5-9H,3-4H2,1-2H3,(H,19,27)(H,20,22,23)/t2*12-,13+;/m11./s1/i3*1D3. The summed E-state index contributed by atoms with van der Waals surface area (Å²) in [5.74, 6) is -4.45. The number of aromatic nitrogens is 18. The van der Waals surface area contributed by atoms with Crippen molar-refractivity contribution in [2.75, 3.05) is 68.8 Å². The number of carbonyl (C=O) groups excluding carboxylic acids is 5. The van der Waals surface area contributed by atoms with Crippen molar-refractivity contribution in [2.24, 2.45) is 11.8 Å². The van der Waals surface area contributed by atoms with Gasteiger partial charge in [0.25, 0.3) is 17.7 Å². The van der Waals surface area contributed by atoms with E-state index < -0.39 is 74.6 Å². The van der Waals surface area contributed by atoms with Gasteiger partial charge in [0.05, 0.1) is 104 Å². The molecule has 0 saturated heterocycles. The van der Waals surface area contributed by atoms with Crippen LogP contribution in [0, 0.1) is 11.8 Å². The summed E-state index contributed by atoms with van der Waals surface area (Å²) in [6.07, 6.45) is 13.3. The number of anilines is 8. The van der Waals surface area contributed by atoms with Crippen LogP contribution in [-0.2, 0) is 9.59 Å². The lowest BCUT2D eigenvalue weighted by Crippen LogP contribution is -2.23. The number of hydrogen-bond donors (Lipinski definition) is 8. The fourth-order valence-electron chi connectivity index (χ4n) is 9.41. The number of carbonyl (C=O) groups is 5. The third-order valence-corrected chi connectivity index (χ3v) is 15.2. The molecule has 5 aliphatic carbocycles. The highest BCUT2D eigenvalue weighted by Gasteiger charge is 2.45. The summed E-state index contributed by atoms with van der Waals surface area (Å²) in [7, 11) is 4.33. The van der Waals surface area contributed by atoms with Crippen LogP contribution in [-0.4, -0.2) is 175 Å². The van der Waals surface area contributed by atoms with Crippen LogP contribution >= 0.6 is 11.6 Å². The van der Waals surface area contributed by atoms with Crippen molar-refractivity contribution < 1.29 is 59.3 Å². The van der Waals surface area contributed by atoms with Crippen LogP contribution in [0.3, 0.4) is 0 Å². The minimum atomic E-state index is -2.78. The van der Waals surface area contributed by atoms with Gasteiger partial charge >= 0.3 is 0 Å². The maximum Gasteiger partial charge on any atom is 0.273 e. The molecule has 5 aliphatic rings. The quantitative estimate of drug-likeness (QED) is 0.0387. The molecule has 0 unspecified atom stereocenters. The highest BCUT2D eigenvalue weighted by molar-refractivity contribution is 6.29. The molecule has 37 heteroatoms. The molecule has 0 aromatic carbocycles. The fraction of sp³-hybridized carbons (Fsp3) is 0.356. The first-order valence-corrected chi connectivity index (χ1v) is 29.7. The van der Waals surface area contributed by atoms with Gasteiger partial charge in [-0.3, -0.25) is 24.0 Å².